The molecule has 1 amide bonds. The minimum absolute atomic E-state index is 0.0788. The van der Waals surface area contributed by atoms with Crippen molar-refractivity contribution >= 4 is 17.8 Å². The van der Waals surface area contributed by atoms with Crippen molar-refractivity contribution in [1.82, 2.24) is 14.8 Å². The van der Waals surface area contributed by atoms with Crippen molar-refractivity contribution in [2.45, 2.75) is 13.5 Å². The molecule has 0 saturated carbocycles. The van der Waals surface area contributed by atoms with Gasteiger partial charge in [-0.15, -0.1) is 0 Å². The van der Waals surface area contributed by atoms with Gasteiger partial charge in [-0.3, -0.25) is 14.7 Å². The second kappa shape index (κ2) is 12.3. The average Bonchev–Trinajstić information content (AvgIpc) is 2.80. The molecule has 2 N–H and O–H groups in total. The molecule has 2 aromatic rings. The van der Waals surface area contributed by atoms with Crippen LogP contribution in [0.4, 0.5) is 0 Å². The number of amides is 1. The van der Waals surface area contributed by atoms with Crippen molar-refractivity contribution in [3.8, 4) is 11.5 Å². The number of ether oxygens (including phenoxy) is 2. The van der Waals surface area contributed by atoms with E-state index in [0.29, 0.717) is 12.2 Å². The number of aromatic nitrogens is 1. The molecule has 0 unspecified atom stereocenters. The number of hydrogen-bond donors (Lipinski definition) is 2. The molecule has 0 spiro atoms. The third-order valence-corrected chi connectivity index (χ3v) is 4.70. The summed E-state index contributed by atoms with van der Waals surface area (Å²) in [6.45, 7) is 6.58. The number of carboxylic acid groups (broad SMARTS) is 2. The molecule has 0 bridgehead atoms. The lowest BCUT2D eigenvalue weighted by molar-refractivity contribution is -0.159. The van der Waals surface area contributed by atoms with Crippen LogP contribution in [0, 0.1) is 0 Å². The summed E-state index contributed by atoms with van der Waals surface area (Å²) in [5.41, 5.74) is 1.88. The Bertz CT molecular complexity index is 901. The molecular weight excluding hydrogens is 418 g/mol. The number of carbonyl (C=O) groups excluding carboxylic acids is 1. The number of carbonyl (C=O) groups is 3. The van der Waals surface area contributed by atoms with Gasteiger partial charge in [0.2, 0.25) is 0 Å². The lowest BCUT2D eigenvalue weighted by Gasteiger charge is -2.34. The van der Waals surface area contributed by atoms with Gasteiger partial charge in [0, 0.05) is 50.7 Å². The molecule has 1 aromatic heterocycles. The van der Waals surface area contributed by atoms with Crippen LogP contribution in [0.3, 0.4) is 0 Å². The molecule has 10 heteroatoms. The Kier molecular flexibility index (Phi) is 9.43. The first-order valence-corrected chi connectivity index (χ1v) is 10.0. The van der Waals surface area contributed by atoms with Gasteiger partial charge in [-0.05, 0) is 36.8 Å². The van der Waals surface area contributed by atoms with E-state index in [4.69, 9.17) is 29.3 Å². The second-order valence-electron chi connectivity index (χ2n) is 6.83. The van der Waals surface area contributed by atoms with Gasteiger partial charge in [0.25, 0.3) is 5.91 Å². The highest BCUT2D eigenvalue weighted by Crippen LogP contribution is 2.28. The quantitative estimate of drug-likeness (QED) is 0.637. The van der Waals surface area contributed by atoms with Crippen LogP contribution >= 0.6 is 0 Å². The summed E-state index contributed by atoms with van der Waals surface area (Å²) in [6.07, 6.45) is 3.31. The molecule has 0 radical (unpaired) electrons. The molecule has 1 aliphatic rings. The molecule has 2 heterocycles. The van der Waals surface area contributed by atoms with Crippen molar-refractivity contribution in [2.24, 2.45) is 0 Å². The Morgan fingerprint density at radius 2 is 1.59 bits per heavy atom. The monoisotopic (exact) mass is 445 g/mol. The maximum absolute atomic E-state index is 12.5. The Hall–Kier alpha value is -3.66. The summed E-state index contributed by atoms with van der Waals surface area (Å²) in [5.74, 6) is -2.04. The number of carboxylic acids is 2. The first-order chi connectivity index (χ1) is 15.3. The van der Waals surface area contributed by atoms with E-state index in [2.05, 4.69) is 16.0 Å². The number of aliphatic carboxylic acids is 2. The Morgan fingerprint density at radius 3 is 2.12 bits per heavy atom. The zero-order valence-corrected chi connectivity index (χ0v) is 18.1. The molecule has 10 nitrogen and oxygen atoms in total. The first-order valence-electron chi connectivity index (χ1n) is 10.0. The van der Waals surface area contributed by atoms with E-state index < -0.39 is 11.9 Å². The number of hydrogen-bond acceptors (Lipinski definition) is 7. The molecule has 1 saturated heterocycles. The first kappa shape index (κ1) is 24.6. The van der Waals surface area contributed by atoms with Crippen molar-refractivity contribution in [3.05, 3.63) is 53.9 Å². The van der Waals surface area contributed by atoms with Gasteiger partial charge in [0.05, 0.1) is 13.7 Å². The highest BCUT2D eigenvalue weighted by atomic mass is 16.5. The van der Waals surface area contributed by atoms with Crippen molar-refractivity contribution in [1.29, 1.82) is 0 Å². The van der Waals surface area contributed by atoms with Crippen LogP contribution in [0.5, 0.6) is 11.5 Å². The van der Waals surface area contributed by atoms with Crippen LogP contribution in [0.15, 0.2) is 42.7 Å². The summed E-state index contributed by atoms with van der Waals surface area (Å²) in [5, 5.41) is 14.8. The van der Waals surface area contributed by atoms with Gasteiger partial charge >= 0.3 is 11.9 Å². The van der Waals surface area contributed by atoms with Crippen molar-refractivity contribution in [3.63, 3.8) is 0 Å². The molecule has 0 aliphatic carbocycles. The number of pyridine rings is 1. The van der Waals surface area contributed by atoms with Crippen LogP contribution < -0.4 is 9.47 Å². The van der Waals surface area contributed by atoms with E-state index in [0.717, 1.165) is 44.2 Å². The van der Waals surface area contributed by atoms with Crippen LogP contribution in [0.25, 0.3) is 0 Å². The zero-order valence-electron chi connectivity index (χ0n) is 18.1. The number of piperazine rings is 1. The minimum Gasteiger partial charge on any atom is -0.493 e. The van der Waals surface area contributed by atoms with Crippen LogP contribution in [-0.4, -0.2) is 82.7 Å². The summed E-state index contributed by atoms with van der Waals surface area (Å²) in [4.78, 5) is 38.9. The second-order valence-corrected chi connectivity index (χ2v) is 6.83. The molecule has 32 heavy (non-hydrogen) atoms. The molecule has 3 rings (SSSR count). The summed E-state index contributed by atoms with van der Waals surface area (Å²) in [7, 11) is 1.65. The number of nitrogens with zero attached hydrogens (tertiary/aromatic N) is 3. The smallest absolute Gasteiger partial charge is 0.414 e. The van der Waals surface area contributed by atoms with Gasteiger partial charge in [0.15, 0.2) is 11.5 Å². The topological polar surface area (TPSA) is 130 Å². The van der Waals surface area contributed by atoms with E-state index in [1.165, 1.54) is 5.56 Å². The molecule has 0 atom stereocenters. The van der Waals surface area contributed by atoms with E-state index in [1.54, 1.807) is 31.6 Å². The third-order valence-electron chi connectivity index (χ3n) is 4.70. The zero-order chi connectivity index (χ0) is 23.5. The lowest BCUT2D eigenvalue weighted by Crippen LogP contribution is -2.48. The SMILES string of the molecule is CCOc1cc(CN2CCN(C(=O)c3ccncc3)CC2)ccc1OC.O=C(O)C(=O)O. The maximum atomic E-state index is 12.5. The standard InChI is InChI=1S/C20H25N3O3.C2H2O4/c1-3-26-19-14-16(4-5-18(19)25-2)15-22-10-12-23(13-11-22)20(24)17-6-8-21-9-7-17;3-1(4)2(5)6/h4-9,14H,3,10-13,15H2,1-2H3;(H,3,4)(H,5,6). The van der Waals surface area contributed by atoms with Crippen LogP contribution in [-0.2, 0) is 16.1 Å². The number of benzene rings is 1. The largest absolute Gasteiger partial charge is 0.493 e. The fraction of sp³-hybridized carbons (Fsp3) is 0.364. The van der Waals surface area contributed by atoms with Gasteiger partial charge in [-0.25, -0.2) is 9.59 Å². The Balaban J connectivity index is 0.000000534. The normalized spacial score (nSPS) is 13.5. The molecule has 1 aromatic carbocycles. The molecule has 1 fully saturated rings. The van der Waals surface area contributed by atoms with Crippen molar-refractivity contribution in [2.75, 3.05) is 39.9 Å². The van der Waals surface area contributed by atoms with Gasteiger partial charge in [-0.1, -0.05) is 6.07 Å². The fourth-order valence-electron chi connectivity index (χ4n) is 3.13. The average molecular weight is 445 g/mol. The Morgan fingerprint density at radius 1 is 0.969 bits per heavy atom. The predicted molar refractivity (Wildman–Crippen MR) is 115 cm³/mol. The lowest BCUT2D eigenvalue weighted by atomic mass is 10.1. The predicted octanol–water partition coefficient (Wildman–Crippen LogP) is 1.60. The van der Waals surface area contributed by atoms with Gasteiger partial charge in [-0.2, -0.15) is 0 Å². The van der Waals surface area contributed by atoms with Gasteiger partial charge < -0.3 is 24.6 Å². The van der Waals surface area contributed by atoms with E-state index >= 15 is 0 Å². The van der Waals surface area contributed by atoms with E-state index in [1.807, 2.05) is 24.0 Å². The molecule has 172 valence electrons. The summed E-state index contributed by atoms with van der Waals surface area (Å²) in [6, 6.07) is 9.58. The fourth-order valence-corrected chi connectivity index (χ4v) is 3.13. The number of methoxy groups -OCH3 is 1. The highest BCUT2D eigenvalue weighted by molar-refractivity contribution is 6.27. The van der Waals surface area contributed by atoms with Crippen molar-refractivity contribution < 1.29 is 34.1 Å². The third kappa shape index (κ3) is 7.24. The summed E-state index contributed by atoms with van der Waals surface area (Å²) >= 11 is 0. The van der Waals surface area contributed by atoms with Gasteiger partial charge in [0.1, 0.15) is 0 Å². The van der Waals surface area contributed by atoms with Crippen LogP contribution in [0.1, 0.15) is 22.8 Å². The highest BCUT2D eigenvalue weighted by Gasteiger charge is 2.22. The van der Waals surface area contributed by atoms with E-state index in [-0.39, 0.29) is 5.91 Å². The van der Waals surface area contributed by atoms with Crippen LogP contribution in [0.2, 0.25) is 0 Å². The number of rotatable bonds is 6. The molecule has 1 aliphatic heterocycles. The Labute approximate surface area is 186 Å². The maximum Gasteiger partial charge on any atom is 0.414 e. The molecular formula is C22H27N3O7. The minimum atomic E-state index is -1.82. The van der Waals surface area contributed by atoms with E-state index in [9.17, 15) is 4.79 Å². The summed E-state index contributed by atoms with van der Waals surface area (Å²) < 4.78 is 11.0.